The van der Waals surface area contributed by atoms with Crippen LogP contribution in [0, 0.1) is 0 Å². The van der Waals surface area contributed by atoms with Crippen molar-refractivity contribution in [3.8, 4) is 0 Å². The Morgan fingerprint density at radius 2 is 2.10 bits per heavy atom. The third-order valence-corrected chi connectivity index (χ3v) is 4.35. The molecule has 21 heavy (non-hydrogen) atoms. The predicted molar refractivity (Wildman–Crippen MR) is 84.7 cm³/mol. The molecule has 0 radical (unpaired) electrons. The average Bonchev–Trinajstić information content (AvgIpc) is 2.85. The topological polar surface area (TPSA) is 81.4 Å². The van der Waals surface area contributed by atoms with Gasteiger partial charge in [-0.25, -0.2) is 4.79 Å². The highest BCUT2D eigenvalue weighted by molar-refractivity contribution is 7.21. The highest BCUT2D eigenvalue weighted by atomic mass is 32.1. The van der Waals surface area contributed by atoms with E-state index >= 15 is 0 Å². The number of rotatable bonds is 5. The first kappa shape index (κ1) is 15.5. The fraction of sp³-hybridized carbons (Fsp3) is 0.333. The van der Waals surface area contributed by atoms with E-state index in [1.807, 2.05) is 31.2 Å². The van der Waals surface area contributed by atoms with E-state index in [9.17, 15) is 9.59 Å². The molecule has 112 valence electrons. The van der Waals surface area contributed by atoms with Crippen LogP contribution in [0.25, 0.3) is 10.1 Å². The molecule has 1 atom stereocenters. The van der Waals surface area contributed by atoms with Gasteiger partial charge in [-0.1, -0.05) is 25.1 Å². The Morgan fingerprint density at radius 3 is 2.76 bits per heavy atom. The van der Waals surface area contributed by atoms with Gasteiger partial charge in [0, 0.05) is 22.5 Å². The summed E-state index contributed by atoms with van der Waals surface area (Å²) in [4.78, 5) is 24.3. The minimum absolute atomic E-state index is 0.184. The molecule has 0 saturated carbocycles. The number of fused-ring (bicyclic) bond motifs is 1. The number of anilines is 1. The van der Waals surface area contributed by atoms with Crippen LogP contribution in [-0.4, -0.2) is 25.0 Å². The van der Waals surface area contributed by atoms with Crippen LogP contribution in [0.15, 0.2) is 24.3 Å². The lowest BCUT2D eigenvalue weighted by atomic mass is 10.1. The number of nitrogens with two attached hydrogens (primary N) is 1. The van der Waals surface area contributed by atoms with E-state index in [4.69, 9.17) is 10.5 Å². The zero-order valence-corrected chi connectivity index (χ0v) is 12.8. The number of hydrogen-bond donors (Lipinski definition) is 2. The van der Waals surface area contributed by atoms with Crippen molar-refractivity contribution in [1.82, 2.24) is 0 Å². The number of nitrogens with one attached hydrogen (secondary N) is 1. The van der Waals surface area contributed by atoms with Crippen molar-refractivity contribution in [3.63, 3.8) is 0 Å². The normalized spacial score (nSPS) is 12.1. The molecule has 0 aliphatic carbocycles. The summed E-state index contributed by atoms with van der Waals surface area (Å²) in [6.45, 7) is 1.93. The lowest BCUT2D eigenvalue weighted by Crippen LogP contribution is -2.26. The number of ether oxygens (including phenoxy) is 1. The van der Waals surface area contributed by atoms with E-state index in [-0.39, 0.29) is 18.4 Å². The molecule has 3 N–H and O–H groups in total. The minimum atomic E-state index is -0.453. The van der Waals surface area contributed by atoms with E-state index < -0.39 is 5.97 Å². The largest absolute Gasteiger partial charge is 0.465 e. The fourth-order valence-corrected chi connectivity index (χ4v) is 3.06. The number of amides is 1. The van der Waals surface area contributed by atoms with Crippen molar-refractivity contribution in [1.29, 1.82) is 0 Å². The fourth-order valence-electron chi connectivity index (χ4n) is 1.98. The number of benzene rings is 1. The molecule has 1 unspecified atom stereocenters. The molecule has 0 spiro atoms. The van der Waals surface area contributed by atoms with Crippen LogP contribution < -0.4 is 11.1 Å². The van der Waals surface area contributed by atoms with E-state index in [2.05, 4.69) is 5.32 Å². The number of thiophene rings is 1. The van der Waals surface area contributed by atoms with Crippen molar-refractivity contribution < 1.29 is 14.3 Å². The predicted octanol–water partition coefficient (Wildman–Crippen LogP) is 2.75. The molecule has 6 heteroatoms. The summed E-state index contributed by atoms with van der Waals surface area (Å²) in [5.41, 5.74) is 6.30. The molecular weight excluding hydrogens is 288 g/mol. The summed E-state index contributed by atoms with van der Waals surface area (Å²) >= 11 is 1.30. The maximum Gasteiger partial charge on any atom is 0.350 e. The Kier molecular flexibility index (Phi) is 4.93. The van der Waals surface area contributed by atoms with E-state index in [1.54, 1.807) is 0 Å². The number of hydrogen-bond acceptors (Lipinski definition) is 5. The molecule has 2 rings (SSSR count). The molecule has 1 amide bonds. The summed E-state index contributed by atoms with van der Waals surface area (Å²) in [6.07, 6.45) is 0.947. The van der Waals surface area contributed by atoms with Gasteiger partial charge in [-0.3, -0.25) is 4.79 Å². The van der Waals surface area contributed by atoms with Crippen molar-refractivity contribution in [2.24, 2.45) is 5.73 Å². The highest BCUT2D eigenvalue weighted by Crippen LogP contribution is 2.36. The first-order chi connectivity index (χ1) is 10.1. The maximum absolute atomic E-state index is 12.0. The Bertz CT molecular complexity index is 666. The van der Waals surface area contributed by atoms with Gasteiger partial charge in [-0.05, 0) is 12.5 Å². The Hall–Kier alpha value is -1.92. The van der Waals surface area contributed by atoms with Gasteiger partial charge in [0.2, 0.25) is 5.91 Å². The Labute approximate surface area is 127 Å². The second kappa shape index (κ2) is 6.69. The van der Waals surface area contributed by atoms with Gasteiger partial charge < -0.3 is 15.8 Å². The molecule has 0 bridgehead atoms. The molecule has 0 aliphatic rings. The third-order valence-electron chi connectivity index (χ3n) is 3.20. The number of carbonyl (C=O) groups excluding carboxylic acids is 2. The molecule has 0 saturated heterocycles. The van der Waals surface area contributed by atoms with Crippen LogP contribution in [0.2, 0.25) is 0 Å². The quantitative estimate of drug-likeness (QED) is 0.832. The average molecular weight is 306 g/mol. The van der Waals surface area contributed by atoms with Crippen LogP contribution >= 0.6 is 11.3 Å². The molecule has 1 heterocycles. The summed E-state index contributed by atoms with van der Waals surface area (Å²) in [5, 5.41) is 3.64. The number of esters is 1. The van der Waals surface area contributed by atoms with Crippen molar-refractivity contribution in [3.05, 3.63) is 29.1 Å². The van der Waals surface area contributed by atoms with Crippen molar-refractivity contribution in [2.75, 3.05) is 12.4 Å². The van der Waals surface area contributed by atoms with Crippen LogP contribution in [-0.2, 0) is 9.53 Å². The molecule has 5 nitrogen and oxygen atoms in total. The molecular formula is C15H18N2O3S. The van der Waals surface area contributed by atoms with E-state index in [0.717, 1.165) is 16.5 Å². The molecule has 0 fully saturated rings. The van der Waals surface area contributed by atoms with Crippen molar-refractivity contribution >= 4 is 39.0 Å². The zero-order chi connectivity index (χ0) is 15.4. The summed E-state index contributed by atoms with van der Waals surface area (Å²) in [5.74, 6) is -0.649. The summed E-state index contributed by atoms with van der Waals surface area (Å²) in [6, 6.07) is 7.34. The van der Waals surface area contributed by atoms with Crippen LogP contribution in [0.3, 0.4) is 0 Å². The molecule has 2 aromatic rings. The SMILES string of the molecule is CCC(N)CC(=O)Nc1c(C(=O)OC)sc2ccccc12. The number of methoxy groups -OCH3 is 1. The summed E-state index contributed by atoms with van der Waals surface area (Å²) in [7, 11) is 1.32. The second-order valence-electron chi connectivity index (χ2n) is 4.71. The smallest absolute Gasteiger partial charge is 0.350 e. The van der Waals surface area contributed by atoms with Crippen LogP contribution in [0.4, 0.5) is 5.69 Å². The lowest BCUT2D eigenvalue weighted by Gasteiger charge is -2.10. The Morgan fingerprint density at radius 1 is 1.38 bits per heavy atom. The highest BCUT2D eigenvalue weighted by Gasteiger charge is 2.21. The second-order valence-corrected chi connectivity index (χ2v) is 5.77. The van der Waals surface area contributed by atoms with Gasteiger partial charge in [-0.2, -0.15) is 0 Å². The number of carbonyl (C=O) groups is 2. The van der Waals surface area contributed by atoms with Gasteiger partial charge in [0.1, 0.15) is 4.88 Å². The van der Waals surface area contributed by atoms with Gasteiger partial charge >= 0.3 is 5.97 Å². The minimum Gasteiger partial charge on any atom is -0.465 e. The lowest BCUT2D eigenvalue weighted by molar-refractivity contribution is -0.116. The molecule has 1 aromatic heterocycles. The van der Waals surface area contributed by atoms with Gasteiger partial charge in [0.25, 0.3) is 0 Å². The van der Waals surface area contributed by atoms with Crippen molar-refractivity contribution in [2.45, 2.75) is 25.8 Å². The summed E-state index contributed by atoms with van der Waals surface area (Å²) < 4.78 is 5.71. The maximum atomic E-state index is 12.0. The van der Waals surface area contributed by atoms with E-state index in [1.165, 1.54) is 18.4 Å². The standard InChI is InChI=1S/C15H18N2O3S/c1-3-9(16)8-12(18)17-13-10-6-4-5-7-11(10)21-14(13)15(19)20-2/h4-7,9H,3,8,16H2,1-2H3,(H,17,18). The third kappa shape index (κ3) is 3.40. The Balaban J connectivity index is 2.36. The van der Waals surface area contributed by atoms with Gasteiger partial charge in [0.15, 0.2) is 0 Å². The zero-order valence-electron chi connectivity index (χ0n) is 12.0. The first-order valence-corrected chi connectivity index (χ1v) is 7.53. The van der Waals surface area contributed by atoms with Gasteiger partial charge in [-0.15, -0.1) is 11.3 Å². The van der Waals surface area contributed by atoms with Gasteiger partial charge in [0.05, 0.1) is 12.8 Å². The first-order valence-electron chi connectivity index (χ1n) is 6.72. The van der Waals surface area contributed by atoms with Crippen LogP contribution in [0.5, 0.6) is 0 Å². The van der Waals surface area contributed by atoms with Crippen LogP contribution in [0.1, 0.15) is 29.4 Å². The monoisotopic (exact) mass is 306 g/mol. The van der Waals surface area contributed by atoms with E-state index in [0.29, 0.717) is 10.6 Å². The molecule has 0 aliphatic heterocycles. The molecule has 1 aromatic carbocycles.